The maximum absolute atomic E-state index is 13.6. The van der Waals surface area contributed by atoms with Crippen LogP contribution in [-0.4, -0.2) is 25.1 Å². The van der Waals surface area contributed by atoms with Gasteiger partial charge in [-0.3, -0.25) is 9.36 Å². The number of nitrogens with one attached hydrogen (secondary N) is 1. The van der Waals surface area contributed by atoms with Crippen molar-refractivity contribution in [2.24, 2.45) is 7.05 Å². The number of nitrogens with zero attached hydrogens (tertiary/aromatic N) is 3. The van der Waals surface area contributed by atoms with Crippen LogP contribution in [0, 0.1) is 0 Å². The second-order valence-corrected chi connectivity index (χ2v) is 9.12. The molecule has 0 amide bonds. The molecule has 176 valence electrons. The van der Waals surface area contributed by atoms with E-state index in [0.717, 1.165) is 22.5 Å². The molecule has 0 spiro atoms. The van der Waals surface area contributed by atoms with Crippen LogP contribution in [0.2, 0.25) is 0 Å². The van der Waals surface area contributed by atoms with Gasteiger partial charge in [0.15, 0.2) is 0 Å². The first-order chi connectivity index (χ1) is 17.0. The van der Waals surface area contributed by atoms with Crippen LogP contribution in [0.1, 0.15) is 32.7 Å². The van der Waals surface area contributed by atoms with Gasteiger partial charge in [0, 0.05) is 25.9 Å². The van der Waals surface area contributed by atoms with Crippen molar-refractivity contribution in [2.45, 2.75) is 19.1 Å². The number of aryl methyl sites for hydroxylation is 1. The number of carbonyl (C=O) groups excluding carboxylic acids is 1. The van der Waals surface area contributed by atoms with E-state index in [1.165, 1.54) is 15.2 Å². The molecule has 1 unspecified atom stereocenters. The molecular formula is C26H22N4O4S. The molecule has 9 heteroatoms. The Bertz CT molecular complexity index is 1590. The van der Waals surface area contributed by atoms with Gasteiger partial charge in [-0.25, -0.2) is 19.1 Å². The van der Waals surface area contributed by atoms with E-state index in [-0.39, 0.29) is 16.9 Å². The van der Waals surface area contributed by atoms with Crippen molar-refractivity contribution in [1.29, 1.82) is 0 Å². The van der Waals surface area contributed by atoms with Crippen LogP contribution in [0.5, 0.6) is 0 Å². The largest absolute Gasteiger partial charge is 0.457 e. The van der Waals surface area contributed by atoms with Gasteiger partial charge in [0.25, 0.3) is 5.56 Å². The monoisotopic (exact) mass is 486 g/mol. The van der Waals surface area contributed by atoms with Crippen molar-refractivity contribution in [3.63, 3.8) is 0 Å². The van der Waals surface area contributed by atoms with Crippen LogP contribution in [0.4, 0.5) is 0 Å². The molecule has 0 aliphatic carbocycles. The van der Waals surface area contributed by atoms with Gasteiger partial charge >= 0.3 is 11.7 Å². The lowest BCUT2D eigenvalue weighted by atomic mass is 10.1. The Morgan fingerprint density at radius 2 is 1.74 bits per heavy atom. The summed E-state index contributed by atoms with van der Waals surface area (Å²) in [5, 5.41) is 0.286. The Kier molecular flexibility index (Phi) is 6.15. The normalized spacial score (nSPS) is 12.0. The third-order valence-electron chi connectivity index (χ3n) is 5.79. The lowest BCUT2D eigenvalue weighted by Crippen LogP contribution is -2.42. The van der Waals surface area contributed by atoms with E-state index < -0.39 is 23.3 Å². The van der Waals surface area contributed by atoms with E-state index in [1.807, 2.05) is 60.7 Å². The fourth-order valence-electron chi connectivity index (χ4n) is 4.03. The molecule has 3 aromatic heterocycles. The number of carbonyl (C=O) groups is 1. The van der Waals surface area contributed by atoms with Gasteiger partial charge in [-0.15, -0.1) is 11.3 Å². The Balaban J connectivity index is 1.55. The number of esters is 1. The van der Waals surface area contributed by atoms with Crippen molar-refractivity contribution < 1.29 is 9.53 Å². The number of benzene rings is 2. The van der Waals surface area contributed by atoms with Gasteiger partial charge in [-0.1, -0.05) is 60.7 Å². The molecule has 0 fully saturated rings. The lowest BCUT2D eigenvalue weighted by molar-refractivity contribution is 0.0478. The summed E-state index contributed by atoms with van der Waals surface area (Å²) >= 11 is 1.07. The zero-order valence-electron chi connectivity index (χ0n) is 18.9. The summed E-state index contributed by atoms with van der Waals surface area (Å²) in [5.41, 5.74) is 0.863. The SMILES string of the molecule is Cn1c(=O)n(C(Cc2ccccc2)c2ncc[nH]2)c(=O)c2cc(C(=O)OCc3ccccc3)sc21. The minimum absolute atomic E-state index is 0.120. The van der Waals surface area contributed by atoms with Crippen LogP contribution in [-0.2, 0) is 24.8 Å². The quantitative estimate of drug-likeness (QED) is 0.354. The predicted octanol–water partition coefficient (Wildman–Crippen LogP) is 3.67. The number of hydrogen-bond acceptors (Lipinski definition) is 6. The highest BCUT2D eigenvalue weighted by atomic mass is 32.1. The first-order valence-corrected chi connectivity index (χ1v) is 11.8. The molecule has 2 aromatic carbocycles. The standard InChI is InChI=1S/C26H22N4O4S/c1-29-24-19(15-21(35-24)25(32)34-16-18-10-6-3-7-11-18)23(31)30(26(29)33)20(22-27-12-13-28-22)14-17-8-4-2-5-9-17/h2-13,15,20H,14,16H2,1H3,(H,27,28). The zero-order valence-corrected chi connectivity index (χ0v) is 19.7. The second-order valence-electron chi connectivity index (χ2n) is 8.09. The Morgan fingerprint density at radius 1 is 1.06 bits per heavy atom. The average molecular weight is 487 g/mol. The lowest BCUT2D eigenvalue weighted by Gasteiger charge is -2.18. The molecule has 0 aliphatic rings. The van der Waals surface area contributed by atoms with Gasteiger partial charge < -0.3 is 9.72 Å². The van der Waals surface area contributed by atoms with E-state index in [9.17, 15) is 14.4 Å². The van der Waals surface area contributed by atoms with Gasteiger partial charge in [-0.05, 0) is 17.2 Å². The molecule has 0 aliphatic heterocycles. The van der Waals surface area contributed by atoms with E-state index >= 15 is 0 Å². The summed E-state index contributed by atoms with van der Waals surface area (Å²) in [4.78, 5) is 47.8. The summed E-state index contributed by atoms with van der Waals surface area (Å²) in [6.07, 6.45) is 3.64. The molecular weight excluding hydrogens is 464 g/mol. The Labute approximate surface area is 204 Å². The maximum Gasteiger partial charge on any atom is 0.348 e. The van der Waals surface area contributed by atoms with Crippen molar-refractivity contribution in [1.82, 2.24) is 19.1 Å². The molecule has 8 nitrogen and oxygen atoms in total. The Hall–Kier alpha value is -4.24. The number of ether oxygens (including phenoxy) is 1. The average Bonchev–Trinajstić information content (AvgIpc) is 3.58. The molecule has 0 radical (unpaired) electrons. The molecule has 5 aromatic rings. The van der Waals surface area contributed by atoms with Crippen LogP contribution in [0.25, 0.3) is 10.2 Å². The number of imidazole rings is 1. The fourth-order valence-corrected chi connectivity index (χ4v) is 5.02. The first kappa shape index (κ1) is 22.5. The highest BCUT2D eigenvalue weighted by molar-refractivity contribution is 7.20. The molecule has 5 rings (SSSR count). The first-order valence-electron chi connectivity index (χ1n) is 11.0. The van der Waals surface area contributed by atoms with Crippen molar-refractivity contribution in [3.8, 4) is 0 Å². The van der Waals surface area contributed by atoms with E-state index in [4.69, 9.17) is 4.74 Å². The van der Waals surface area contributed by atoms with Gasteiger partial charge in [-0.2, -0.15) is 0 Å². The maximum atomic E-state index is 13.6. The van der Waals surface area contributed by atoms with Gasteiger partial charge in [0.1, 0.15) is 28.2 Å². The van der Waals surface area contributed by atoms with Crippen LogP contribution < -0.4 is 11.2 Å². The summed E-state index contributed by atoms with van der Waals surface area (Å²) < 4.78 is 8.04. The number of hydrogen-bond donors (Lipinski definition) is 1. The van der Waals surface area contributed by atoms with Crippen LogP contribution in [0.3, 0.4) is 0 Å². The molecule has 1 N–H and O–H groups in total. The molecule has 0 saturated heterocycles. The third kappa shape index (κ3) is 4.45. The summed E-state index contributed by atoms with van der Waals surface area (Å²) in [5.74, 6) is -0.0366. The second kappa shape index (κ2) is 9.55. The summed E-state index contributed by atoms with van der Waals surface area (Å²) in [6, 6.07) is 19.8. The molecule has 35 heavy (non-hydrogen) atoms. The Morgan fingerprint density at radius 3 is 2.40 bits per heavy atom. The van der Waals surface area contributed by atoms with Crippen LogP contribution >= 0.6 is 11.3 Å². The van der Waals surface area contributed by atoms with Crippen molar-refractivity contribution >= 4 is 27.5 Å². The summed E-state index contributed by atoms with van der Waals surface area (Å²) in [6.45, 7) is 0.120. The highest BCUT2D eigenvalue weighted by Crippen LogP contribution is 2.25. The minimum atomic E-state index is -0.642. The number of aromatic amines is 1. The number of aromatic nitrogens is 4. The number of rotatable bonds is 7. The number of fused-ring (bicyclic) bond motifs is 1. The van der Waals surface area contributed by atoms with Gasteiger partial charge in [0.05, 0.1) is 5.39 Å². The molecule has 0 saturated carbocycles. The highest BCUT2D eigenvalue weighted by Gasteiger charge is 2.25. The predicted molar refractivity (Wildman–Crippen MR) is 134 cm³/mol. The number of H-pyrrole nitrogens is 1. The zero-order chi connectivity index (χ0) is 24.4. The topological polar surface area (TPSA) is 99.0 Å². The minimum Gasteiger partial charge on any atom is -0.457 e. The van der Waals surface area contributed by atoms with Crippen molar-refractivity contribution in [2.75, 3.05) is 0 Å². The molecule has 0 bridgehead atoms. The van der Waals surface area contributed by atoms with Gasteiger partial charge in [0.2, 0.25) is 0 Å². The van der Waals surface area contributed by atoms with Crippen molar-refractivity contribution in [3.05, 3.63) is 122 Å². The number of thiophene rings is 1. The third-order valence-corrected chi connectivity index (χ3v) is 6.98. The fraction of sp³-hybridized carbons (Fsp3) is 0.154. The molecule has 1 atom stereocenters. The molecule has 3 heterocycles. The van der Waals surface area contributed by atoms with E-state index in [2.05, 4.69) is 9.97 Å². The van der Waals surface area contributed by atoms with Crippen LogP contribution in [0.15, 0.2) is 88.7 Å². The smallest absolute Gasteiger partial charge is 0.348 e. The van der Waals surface area contributed by atoms with E-state index in [1.54, 1.807) is 19.4 Å². The summed E-state index contributed by atoms with van der Waals surface area (Å²) in [7, 11) is 1.60. The van der Waals surface area contributed by atoms with E-state index in [0.29, 0.717) is 17.1 Å².